The number of amides is 1. The molecule has 0 saturated carbocycles. The number of nitrogens with zero attached hydrogens (tertiary/aromatic N) is 3. The van der Waals surface area contributed by atoms with Gasteiger partial charge in [-0.3, -0.25) is 19.6 Å². The molecule has 7 nitrogen and oxygen atoms in total. The number of pyridine rings is 2. The normalized spacial score (nSPS) is 21.5. The van der Waals surface area contributed by atoms with Crippen LogP contribution in [0, 0.1) is 0 Å². The van der Waals surface area contributed by atoms with Crippen LogP contribution in [0.25, 0.3) is 5.76 Å². The van der Waals surface area contributed by atoms with E-state index in [1.165, 1.54) is 4.90 Å². The van der Waals surface area contributed by atoms with Gasteiger partial charge in [0.25, 0.3) is 11.7 Å². The van der Waals surface area contributed by atoms with E-state index in [1.54, 1.807) is 55.1 Å². The maximum absolute atomic E-state index is 13.1. The first kappa shape index (κ1) is 19.9. The number of carbonyl (C=O) groups excluding carboxylic acids is 2. The Morgan fingerprint density at radius 1 is 1.12 bits per heavy atom. The maximum atomic E-state index is 13.1. The Bertz CT molecular complexity index is 1220. The van der Waals surface area contributed by atoms with Crippen molar-refractivity contribution in [2.45, 2.75) is 32.0 Å². The number of rotatable bonds is 4. The number of benzene rings is 1. The van der Waals surface area contributed by atoms with Crippen LogP contribution in [-0.2, 0) is 22.6 Å². The highest BCUT2D eigenvalue weighted by atomic mass is 16.5. The largest absolute Gasteiger partial charge is 0.507 e. The van der Waals surface area contributed by atoms with Crippen LogP contribution in [0.4, 0.5) is 0 Å². The van der Waals surface area contributed by atoms with Crippen molar-refractivity contribution < 1.29 is 19.4 Å². The van der Waals surface area contributed by atoms with Gasteiger partial charge in [-0.2, -0.15) is 0 Å². The SMILES string of the molecule is C[C@@H]1Cc2cc(C(O)=C3C(=O)C(=O)N(Cc4cccnc4)[C@@H]3c3cccnc3)ccc2O1. The first-order chi connectivity index (χ1) is 15.5. The molecule has 160 valence electrons. The zero-order valence-electron chi connectivity index (χ0n) is 17.4. The number of fused-ring (bicyclic) bond motifs is 1. The van der Waals surface area contributed by atoms with Crippen molar-refractivity contribution in [3.05, 3.63) is 95.1 Å². The van der Waals surface area contributed by atoms with Gasteiger partial charge in [0.2, 0.25) is 0 Å². The highest BCUT2D eigenvalue weighted by Gasteiger charge is 2.46. The van der Waals surface area contributed by atoms with E-state index in [2.05, 4.69) is 9.97 Å². The summed E-state index contributed by atoms with van der Waals surface area (Å²) in [5, 5.41) is 11.2. The molecule has 5 rings (SSSR count). The summed E-state index contributed by atoms with van der Waals surface area (Å²) in [6, 6.07) is 11.7. The van der Waals surface area contributed by atoms with Crippen molar-refractivity contribution in [3.63, 3.8) is 0 Å². The van der Waals surface area contributed by atoms with Crippen molar-refractivity contribution in [1.29, 1.82) is 0 Å². The summed E-state index contributed by atoms with van der Waals surface area (Å²) in [5.74, 6) is -0.809. The van der Waals surface area contributed by atoms with E-state index in [-0.39, 0.29) is 24.0 Å². The molecule has 1 N–H and O–H groups in total. The molecule has 0 spiro atoms. The molecular weight excluding hydrogens is 406 g/mol. The minimum absolute atomic E-state index is 0.0544. The number of ether oxygens (including phenoxy) is 1. The average Bonchev–Trinajstić information content (AvgIpc) is 3.31. The van der Waals surface area contributed by atoms with Gasteiger partial charge in [0, 0.05) is 43.3 Å². The second-order valence-electron chi connectivity index (χ2n) is 8.03. The standard InChI is InChI=1S/C25H21N3O4/c1-15-10-19-11-17(6-7-20(19)32-15)23(29)21-22(18-5-3-9-27-13-18)28(25(31)24(21)30)14-16-4-2-8-26-12-16/h2-9,11-13,15,22,29H,10,14H2,1H3/t15-,22-/m1/s1. The third kappa shape index (κ3) is 3.41. The lowest BCUT2D eigenvalue weighted by Gasteiger charge is -2.25. The molecule has 2 aliphatic heterocycles. The Balaban J connectivity index is 1.62. The minimum atomic E-state index is -0.757. The Labute approximate surface area is 185 Å². The number of aliphatic hydroxyl groups excluding tert-OH is 1. The highest BCUT2D eigenvalue weighted by molar-refractivity contribution is 6.46. The topological polar surface area (TPSA) is 92.6 Å². The van der Waals surface area contributed by atoms with Crippen LogP contribution < -0.4 is 4.74 Å². The average molecular weight is 427 g/mol. The maximum Gasteiger partial charge on any atom is 0.295 e. The summed E-state index contributed by atoms with van der Waals surface area (Å²) in [5.41, 5.74) is 2.93. The van der Waals surface area contributed by atoms with Crippen LogP contribution in [0.3, 0.4) is 0 Å². The van der Waals surface area contributed by atoms with Gasteiger partial charge in [0.15, 0.2) is 0 Å². The summed E-state index contributed by atoms with van der Waals surface area (Å²) in [6.07, 6.45) is 7.31. The highest BCUT2D eigenvalue weighted by Crippen LogP contribution is 2.41. The number of hydrogen-bond donors (Lipinski definition) is 1. The van der Waals surface area contributed by atoms with Crippen molar-refractivity contribution in [1.82, 2.24) is 14.9 Å². The molecular formula is C25H21N3O4. The molecule has 1 aromatic carbocycles. The first-order valence-corrected chi connectivity index (χ1v) is 10.4. The Morgan fingerprint density at radius 3 is 2.62 bits per heavy atom. The molecule has 2 aliphatic rings. The predicted molar refractivity (Wildman–Crippen MR) is 117 cm³/mol. The van der Waals surface area contributed by atoms with Gasteiger partial charge < -0.3 is 14.7 Å². The zero-order valence-corrected chi connectivity index (χ0v) is 17.4. The second-order valence-corrected chi connectivity index (χ2v) is 8.03. The summed E-state index contributed by atoms with van der Waals surface area (Å²) in [4.78, 5) is 35.9. The molecule has 2 atom stereocenters. The van der Waals surface area contributed by atoms with Gasteiger partial charge in [0.05, 0.1) is 11.6 Å². The van der Waals surface area contributed by atoms with Gasteiger partial charge in [-0.15, -0.1) is 0 Å². The fraction of sp³-hybridized carbons (Fsp3) is 0.200. The fourth-order valence-corrected chi connectivity index (χ4v) is 4.34. The lowest BCUT2D eigenvalue weighted by atomic mass is 9.95. The van der Waals surface area contributed by atoms with Gasteiger partial charge in [0.1, 0.15) is 17.6 Å². The summed E-state index contributed by atoms with van der Waals surface area (Å²) < 4.78 is 5.74. The first-order valence-electron chi connectivity index (χ1n) is 10.4. The number of aliphatic hydroxyl groups is 1. The van der Waals surface area contributed by atoms with Crippen LogP contribution in [-0.4, -0.2) is 37.8 Å². The number of likely N-dealkylation sites (tertiary alicyclic amines) is 1. The Morgan fingerprint density at radius 2 is 1.91 bits per heavy atom. The van der Waals surface area contributed by atoms with E-state index in [9.17, 15) is 14.7 Å². The third-order valence-electron chi connectivity index (χ3n) is 5.79. The van der Waals surface area contributed by atoms with Gasteiger partial charge in [-0.25, -0.2) is 0 Å². The van der Waals surface area contributed by atoms with Crippen LogP contribution in [0.5, 0.6) is 5.75 Å². The van der Waals surface area contributed by atoms with Gasteiger partial charge in [-0.1, -0.05) is 12.1 Å². The minimum Gasteiger partial charge on any atom is -0.507 e. The van der Waals surface area contributed by atoms with Crippen LogP contribution in [0.1, 0.15) is 35.2 Å². The smallest absolute Gasteiger partial charge is 0.295 e. The molecule has 1 fully saturated rings. The molecule has 0 bridgehead atoms. The third-order valence-corrected chi connectivity index (χ3v) is 5.79. The Hall–Kier alpha value is -4.00. The zero-order chi connectivity index (χ0) is 22.2. The fourth-order valence-electron chi connectivity index (χ4n) is 4.34. The van der Waals surface area contributed by atoms with Crippen molar-refractivity contribution >= 4 is 17.4 Å². The quantitative estimate of drug-likeness (QED) is 0.390. The molecule has 2 aromatic heterocycles. The molecule has 1 amide bonds. The number of ketones is 1. The number of aromatic nitrogens is 2. The van der Waals surface area contributed by atoms with Crippen molar-refractivity contribution in [3.8, 4) is 5.75 Å². The number of Topliss-reactive ketones (excluding diaryl/α,β-unsaturated/α-hetero) is 1. The van der Waals surface area contributed by atoms with E-state index < -0.39 is 17.7 Å². The predicted octanol–water partition coefficient (Wildman–Crippen LogP) is 3.42. The molecule has 4 heterocycles. The lowest BCUT2D eigenvalue weighted by molar-refractivity contribution is -0.140. The molecule has 0 unspecified atom stereocenters. The van der Waals surface area contributed by atoms with Gasteiger partial charge in [-0.05, 0) is 53.9 Å². The molecule has 0 radical (unpaired) electrons. The molecule has 7 heteroatoms. The molecule has 1 saturated heterocycles. The van der Waals surface area contributed by atoms with Crippen LogP contribution in [0.15, 0.2) is 72.8 Å². The number of hydrogen-bond acceptors (Lipinski definition) is 6. The molecule has 3 aromatic rings. The molecule has 0 aliphatic carbocycles. The Kier molecular flexibility index (Phi) is 4.93. The van der Waals surface area contributed by atoms with E-state index in [0.717, 1.165) is 23.3 Å². The lowest BCUT2D eigenvalue weighted by Crippen LogP contribution is -2.29. The van der Waals surface area contributed by atoms with E-state index >= 15 is 0 Å². The van der Waals surface area contributed by atoms with Crippen molar-refractivity contribution in [2.24, 2.45) is 0 Å². The summed E-state index contributed by atoms with van der Waals surface area (Å²) in [7, 11) is 0. The summed E-state index contributed by atoms with van der Waals surface area (Å²) in [6.45, 7) is 2.16. The van der Waals surface area contributed by atoms with E-state index in [0.29, 0.717) is 11.1 Å². The summed E-state index contributed by atoms with van der Waals surface area (Å²) >= 11 is 0. The van der Waals surface area contributed by atoms with Gasteiger partial charge >= 0.3 is 0 Å². The molecule has 32 heavy (non-hydrogen) atoms. The van der Waals surface area contributed by atoms with E-state index in [1.807, 2.05) is 19.1 Å². The van der Waals surface area contributed by atoms with E-state index in [4.69, 9.17) is 4.74 Å². The number of carbonyl (C=O) groups is 2. The second kappa shape index (κ2) is 7.92. The van der Waals surface area contributed by atoms with Crippen molar-refractivity contribution in [2.75, 3.05) is 0 Å². The van der Waals surface area contributed by atoms with Crippen LogP contribution in [0.2, 0.25) is 0 Å². The van der Waals surface area contributed by atoms with Crippen LogP contribution >= 0.6 is 0 Å². The monoisotopic (exact) mass is 427 g/mol.